The van der Waals surface area contributed by atoms with Crippen molar-refractivity contribution in [3.05, 3.63) is 17.0 Å². The predicted molar refractivity (Wildman–Crippen MR) is 78.4 cm³/mol. The van der Waals surface area contributed by atoms with Gasteiger partial charge in [-0.3, -0.25) is 0 Å². The Labute approximate surface area is 115 Å². The van der Waals surface area contributed by atoms with E-state index >= 15 is 0 Å². The lowest BCUT2D eigenvalue weighted by molar-refractivity contribution is 0.583. The van der Waals surface area contributed by atoms with Crippen LogP contribution >= 0.6 is 35.3 Å². The second kappa shape index (κ2) is 6.69. The number of thiocarbonyl (C=S) groups is 1. The van der Waals surface area contributed by atoms with Crippen LogP contribution < -0.4 is 10.5 Å². The molecule has 4 nitrogen and oxygen atoms in total. The fourth-order valence-electron chi connectivity index (χ4n) is 1.09. The minimum Gasteiger partial charge on any atom is -0.389 e. The monoisotopic (exact) mass is 310 g/mol. The van der Waals surface area contributed by atoms with Gasteiger partial charge in [0.25, 0.3) is 0 Å². The second-order valence-electron chi connectivity index (χ2n) is 3.23. The highest BCUT2D eigenvalue weighted by Crippen LogP contribution is 2.21. The standard InChI is InChI=1S/C9H14N2O2S4/c1-15-6-2-5-11-17(12,13)8-4-3-7(16-8)9(10)14/h3-4,11H,2,5-6H2,1H3,(H2,10,14). The van der Waals surface area contributed by atoms with Gasteiger partial charge in [0.1, 0.15) is 9.20 Å². The molecule has 96 valence electrons. The van der Waals surface area contributed by atoms with E-state index in [1.807, 2.05) is 6.26 Å². The van der Waals surface area contributed by atoms with Crippen molar-refractivity contribution in [1.82, 2.24) is 4.72 Å². The van der Waals surface area contributed by atoms with Crippen LogP contribution in [0.3, 0.4) is 0 Å². The molecule has 8 heteroatoms. The lowest BCUT2D eigenvalue weighted by Crippen LogP contribution is -2.24. The highest BCUT2D eigenvalue weighted by atomic mass is 32.2. The predicted octanol–water partition coefficient (Wildman–Crippen LogP) is 1.41. The van der Waals surface area contributed by atoms with Crippen molar-refractivity contribution < 1.29 is 8.42 Å². The molecule has 17 heavy (non-hydrogen) atoms. The van der Waals surface area contributed by atoms with Crippen molar-refractivity contribution in [3.8, 4) is 0 Å². The quantitative estimate of drug-likeness (QED) is 0.588. The van der Waals surface area contributed by atoms with E-state index in [2.05, 4.69) is 4.72 Å². The lowest BCUT2D eigenvalue weighted by Gasteiger charge is -2.03. The van der Waals surface area contributed by atoms with Crippen LogP contribution in [0.4, 0.5) is 0 Å². The first-order chi connectivity index (χ1) is 7.97. The summed E-state index contributed by atoms with van der Waals surface area (Å²) in [5.41, 5.74) is 5.43. The van der Waals surface area contributed by atoms with Crippen molar-refractivity contribution >= 4 is 50.3 Å². The van der Waals surface area contributed by atoms with Gasteiger partial charge in [0.05, 0.1) is 4.88 Å². The van der Waals surface area contributed by atoms with Crippen molar-refractivity contribution in [2.24, 2.45) is 5.73 Å². The van der Waals surface area contributed by atoms with E-state index in [-0.39, 0.29) is 9.20 Å². The minimum atomic E-state index is -3.41. The van der Waals surface area contributed by atoms with Crippen LogP contribution in [0.25, 0.3) is 0 Å². The van der Waals surface area contributed by atoms with Gasteiger partial charge >= 0.3 is 0 Å². The highest BCUT2D eigenvalue weighted by Gasteiger charge is 2.16. The van der Waals surface area contributed by atoms with Gasteiger partial charge in [0.2, 0.25) is 10.0 Å². The van der Waals surface area contributed by atoms with Crippen molar-refractivity contribution in [3.63, 3.8) is 0 Å². The first-order valence-corrected chi connectivity index (χ1v) is 8.96. The molecule has 0 aromatic carbocycles. The van der Waals surface area contributed by atoms with Crippen LogP contribution in [-0.2, 0) is 10.0 Å². The number of thioether (sulfide) groups is 1. The first-order valence-electron chi connectivity index (χ1n) is 4.85. The molecule has 1 aromatic rings. The molecule has 0 radical (unpaired) electrons. The summed E-state index contributed by atoms with van der Waals surface area (Å²) >= 11 is 7.57. The Balaban J connectivity index is 2.66. The molecule has 0 bridgehead atoms. The third-order valence-electron chi connectivity index (χ3n) is 1.91. The molecule has 0 spiro atoms. The average Bonchev–Trinajstić information content (AvgIpc) is 2.74. The summed E-state index contributed by atoms with van der Waals surface area (Å²) in [6, 6.07) is 3.15. The fraction of sp³-hybridized carbons (Fsp3) is 0.444. The van der Waals surface area contributed by atoms with Crippen LogP contribution in [0.1, 0.15) is 11.3 Å². The molecular weight excluding hydrogens is 296 g/mol. The van der Waals surface area contributed by atoms with Crippen molar-refractivity contribution in [2.75, 3.05) is 18.6 Å². The molecule has 0 atom stereocenters. The molecule has 1 heterocycles. The van der Waals surface area contributed by atoms with Gasteiger partial charge in [-0.25, -0.2) is 13.1 Å². The number of nitrogens with one attached hydrogen (secondary N) is 1. The molecule has 0 saturated carbocycles. The molecule has 0 aliphatic heterocycles. The summed E-state index contributed by atoms with van der Waals surface area (Å²) in [6.45, 7) is 0.448. The SMILES string of the molecule is CSCCCNS(=O)(=O)c1ccc(C(N)=S)s1. The molecule has 0 aliphatic rings. The van der Waals surface area contributed by atoms with E-state index in [1.54, 1.807) is 17.8 Å². The van der Waals surface area contributed by atoms with Gasteiger partial charge in [-0.15, -0.1) is 11.3 Å². The third kappa shape index (κ3) is 4.55. The van der Waals surface area contributed by atoms with E-state index in [0.717, 1.165) is 23.5 Å². The Morgan fingerprint density at radius 1 is 1.59 bits per heavy atom. The number of hydrogen-bond donors (Lipinski definition) is 2. The molecule has 0 aliphatic carbocycles. The Morgan fingerprint density at radius 3 is 2.82 bits per heavy atom. The highest BCUT2D eigenvalue weighted by molar-refractivity contribution is 7.98. The molecule has 3 N–H and O–H groups in total. The maximum atomic E-state index is 11.8. The maximum Gasteiger partial charge on any atom is 0.250 e. The maximum absolute atomic E-state index is 11.8. The molecule has 1 rings (SSSR count). The normalized spacial score (nSPS) is 11.6. The van der Waals surface area contributed by atoms with E-state index in [0.29, 0.717) is 11.4 Å². The number of hydrogen-bond acceptors (Lipinski definition) is 5. The van der Waals surface area contributed by atoms with Gasteiger partial charge in [-0.05, 0) is 30.6 Å². The molecule has 0 amide bonds. The van der Waals surface area contributed by atoms with E-state index in [9.17, 15) is 8.42 Å². The van der Waals surface area contributed by atoms with Crippen LogP contribution in [0, 0.1) is 0 Å². The third-order valence-corrected chi connectivity index (χ3v) is 6.02. The number of sulfonamides is 1. The van der Waals surface area contributed by atoms with E-state index in [1.165, 1.54) is 6.07 Å². The first kappa shape index (κ1) is 14.9. The van der Waals surface area contributed by atoms with Crippen molar-refractivity contribution in [1.29, 1.82) is 0 Å². The average molecular weight is 310 g/mol. The summed E-state index contributed by atoms with van der Waals surface area (Å²) in [5, 5.41) is 0. The van der Waals surface area contributed by atoms with Gasteiger partial charge in [0, 0.05) is 6.54 Å². The number of nitrogens with two attached hydrogens (primary N) is 1. The van der Waals surface area contributed by atoms with Gasteiger partial charge < -0.3 is 5.73 Å². The Morgan fingerprint density at radius 2 is 2.29 bits per heavy atom. The van der Waals surface area contributed by atoms with Gasteiger partial charge in [0.15, 0.2) is 0 Å². The van der Waals surface area contributed by atoms with Crippen LogP contribution in [0.15, 0.2) is 16.3 Å². The zero-order chi connectivity index (χ0) is 12.9. The second-order valence-corrected chi connectivity index (χ2v) is 7.73. The fourth-order valence-corrected chi connectivity index (χ4v) is 3.99. The summed E-state index contributed by atoms with van der Waals surface area (Å²) in [7, 11) is -3.41. The van der Waals surface area contributed by atoms with E-state index in [4.69, 9.17) is 18.0 Å². The minimum absolute atomic E-state index is 0.221. The molecule has 1 aromatic heterocycles. The molecular formula is C9H14N2O2S4. The summed E-state index contributed by atoms with van der Waals surface area (Å²) < 4.78 is 26.5. The Bertz CT molecular complexity index is 481. The summed E-state index contributed by atoms with van der Waals surface area (Å²) in [6.07, 6.45) is 2.80. The number of thiophene rings is 1. The molecule has 0 fully saturated rings. The number of rotatable bonds is 7. The zero-order valence-electron chi connectivity index (χ0n) is 9.30. The topological polar surface area (TPSA) is 72.2 Å². The smallest absolute Gasteiger partial charge is 0.250 e. The van der Waals surface area contributed by atoms with Crippen molar-refractivity contribution in [2.45, 2.75) is 10.6 Å². The van der Waals surface area contributed by atoms with Crippen LogP contribution in [-0.4, -0.2) is 32.0 Å². The molecule has 0 saturated heterocycles. The summed E-state index contributed by atoms with van der Waals surface area (Å²) in [4.78, 5) is 0.836. The van der Waals surface area contributed by atoms with E-state index < -0.39 is 10.0 Å². The van der Waals surface area contributed by atoms with Crippen LogP contribution in [0.2, 0.25) is 0 Å². The van der Waals surface area contributed by atoms with Crippen LogP contribution in [0.5, 0.6) is 0 Å². The Kier molecular flexibility index (Phi) is 5.87. The summed E-state index contributed by atoms with van der Waals surface area (Å²) in [5.74, 6) is 0.936. The zero-order valence-corrected chi connectivity index (χ0v) is 12.6. The lowest BCUT2D eigenvalue weighted by atomic mass is 10.5. The van der Waals surface area contributed by atoms with Gasteiger partial charge in [-0.1, -0.05) is 12.2 Å². The van der Waals surface area contributed by atoms with Gasteiger partial charge in [-0.2, -0.15) is 11.8 Å². The largest absolute Gasteiger partial charge is 0.389 e. The molecule has 0 unspecified atom stereocenters. The Hall–Kier alpha value is -0.150.